The molecule has 5 heteroatoms. The van der Waals surface area contributed by atoms with Crippen LogP contribution in [0.3, 0.4) is 0 Å². The molecule has 0 spiro atoms. The molecular weight excluding hydrogens is 270 g/mol. The van der Waals surface area contributed by atoms with E-state index in [-0.39, 0.29) is 6.04 Å². The first kappa shape index (κ1) is 16.1. The molecule has 21 heavy (non-hydrogen) atoms. The summed E-state index contributed by atoms with van der Waals surface area (Å²) in [7, 11) is 3.64. The predicted octanol–water partition coefficient (Wildman–Crippen LogP) is 2.16. The highest BCUT2D eigenvalue weighted by molar-refractivity contribution is 5.44. The number of fused-ring (bicyclic) bond motifs is 1. The smallest absolute Gasteiger partial charge is 0.161 e. The number of ether oxygens (including phenoxy) is 4. The molecule has 1 atom stereocenters. The monoisotopic (exact) mass is 295 g/mol. The second-order valence-electron chi connectivity index (χ2n) is 5.02. The molecule has 118 valence electrons. The van der Waals surface area contributed by atoms with Crippen molar-refractivity contribution in [3.05, 3.63) is 23.8 Å². The zero-order valence-electron chi connectivity index (χ0n) is 12.9. The normalized spacial score (nSPS) is 15.5. The van der Waals surface area contributed by atoms with Crippen LogP contribution in [0.4, 0.5) is 0 Å². The van der Waals surface area contributed by atoms with Crippen molar-refractivity contribution in [2.45, 2.75) is 18.9 Å². The lowest BCUT2D eigenvalue weighted by atomic mass is 10.1. The summed E-state index contributed by atoms with van der Waals surface area (Å²) < 4.78 is 22.1. The Morgan fingerprint density at radius 3 is 2.76 bits per heavy atom. The zero-order chi connectivity index (χ0) is 14.9. The maximum absolute atomic E-state index is 5.73. The number of hydrogen-bond donors (Lipinski definition) is 1. The molecule has 0 saturated carbocycles. The van der Waals surface area contributed by atoms with Crippen LogP contribution in [-0.4, -0.2) is 47.2 Å². The van der Waals surface area contributed by atoms with Crippen LogP contribution in [-0.2, 0) is 9.47 Å². The Labute approximate surface area is 126 Å². The van der Waals surface area contributed by atoms with Crippen molar-refractivity contribution in [1.29, 1.82) is 0 Å². The summed E-state index contributed by atoms with van der Waals surface area (Å²) in [5, 5.41) is 3.28. The number of benzene rings is 1. The van der Waals surface area contributed by atoms with Gasteiger partial charge in [-0.25, -0.2) is 0 Å². The van der Waals surface area contributed by atoms with Gasteiger partial charge in [0.25, 0.3) is 0 Å². The van der Waals surface area contributed by atoms with Crippen LogP contribution in [0.2, 0.25) is 0 Å². The Morgan fingerprint density at radius 2 is 2.00 bits per heavy atom. The van der Waals surface area contributed by atoms with E-state index in [4.69, 9.17) is 18.9 Å². The van der Waals surface area contributed by atoms with Gasteiger partial charge in [-0.1, -0.05) is 6.07 Å². The van der Waals surface area contributed by atoms with E-state index in [0.29, 0.717) is 26.4 Å². The predicted molar refractivity (Wildman–Crippen MR) is 81.2 cm³/mol. The van der Waals surface area contributed by atoms with Crippen LogP contribution < -0.4 is 14.8 Å². The minimum atomic E-state index is 0.143. The van der Waals surface area contributed by atoms with Crippen molar-refractivity contribution in [3.63, 3.8) is 0 Å². The Bertz CT molecular complexity index is 425. The molecular formula is C16H25NO4. The molecule has 0 fully saturated rings. The first-order valence-corrected chi connectivity index (χ1v) is 7.48. The maximum atomic E-state index is 5.73. The number of nitrogens with one attached hydrogen (secondary N) is 1. The zero-order valence-corrected chi connectivity index (χ0v) is 12.9. The van der Waals surface area contributed by atoms with Gasteiger partial charge in [0, 0.05) is 26.7 Å². The van der Waals surface area contributed by atoms with Crippen molar-refractivity contribution in [3.8, 4) is 11.5 Å². The highest BCUT2D eigenvalue weighted by Crippen LogP contribution is 2.32. The van der Waals surface area contributed by atoms with Gasteiger partial charge in [0.15, 0.2) is 11.5 Å². The molecule has 2 rings (SSSR count). The first-order valence-electron chi connectivity index (χ1n) is 7.48. The van der Waals surface area contributed by atoms with Crippen molar-refractivity contribution in [2.24, 2.45) is 0 Å². The third-order valence-electron chi connectivity index (χ3n) is 3.44. The molecule has 0 aliphatic carbocycles. The van der Waals surface area contributed by atoms with E-state index in [1.807, 2.05) is 19.2 Å². The van der Waals surface area contributed by atoms with Gasteiger partial charge >= 0.3 is 0 Å². The number of hydrogen-bond acceptors (Lipinski definition) is 5. The van der Waals surface area contributed by atoms with Crippen LogP contribution in [0.5, 0.6) is 11.5 Å². The fourth-order valence-corrected chi connectivity index (χ4v) is 2.25. The Hall–Kier alpha value is -1.30. The topological polar surface area (TPSA) is 49.0 Å². The average molecular weight is 295 g/mol. The first-order chi connectivity index (χ1) is 10.3. The van der Waals surface area contributed by atoms with Gasteiger partial charge in [-0.05, 0) is 31.2 Å². The molecule has 0 bridgehead atoms. The number of rotatable bonds is 8. The van der Waals surface area contributed by atoms with Crippen LogP contribution in [0, 0.1) is 0 Å². The van der Waals surface area contributed by atoms with Gasteiger partial charge in [-0.3, -0.25) is 0 Å². The van der Waals surface area contributed by atoms with Crippen LogP contribution >= 0.6 is 0 Å². The summed E-state index contributed by atoms with van der Waals surface area (Å²) in [6.45, 7) is 3.48. The standard InChI is InChI=1S/C16H25NO4/c1-17-14(12-19-8-3-7-18-2)13-5-6-15-16(11-13)21-10-4-9-20-15/h5-6,11,14,17H,3-4,7-10,12H2,1-2H3. The summed E-state index contributed by atoms with van der Waals surface area (Å²) in [5.41, 5.74) is 1.15. The van der Waals surface area contributed by atoms with Crippen molar-refractivity contribution in [1.82, 2.24) is 5.32 Å². The van der Waals surface area contributed by atoms with Crippen molar-refractivity contribution in [2.75, 3.05) is 47.2 Å². The summed E-state index contributed by atoms with van der Waals surface area (Å²) in [4.78, 5) is 0. The van der Waals surface area contributed by atoms with E-state index in [9.17, 15) is 0 Å². The largest absolute Gasteiger partial charge is 0.490 e. The van der Waals surface area contributed by atoms with E-state index in [2.05, 4.69) is 11.4 Å². The SMILES string of the molecule is CNC(COCCCOC)c1ccc2c(c1)OCCCO2. The van der Waals surface area contributed by atoms with Crippen LogP contribution in [0.1, 0.15) is 24.4 Å². The summed E-state index contributed by atoms with van der Waals surface area (Å²) >= 11 is 0. The Kier molecular flexibility index (Phi) is 6.79. The van der Waals surface area contributed by atoms with E-state index in [0.717, 1.165) is 36.5 Å². The fraction of sp³-hybridized carbons (Fsp3) is 0.625. The molecule has 1 aliphatic rings. The minimum Gasteiger partial charge on any atom is -0.490 e. The third-order valence-corrected chi connectivity index (χ3v) is 3.44. The molecule has 1 aliphatic heterocycles. The average Bonchev–Trinajstić information content (AvgIpc) is 2.75. The lowest BCUT2D eigenvalue weighted by Gasteiger charge is -2.18. The molecule has 1 aromatic rings. The fourth-order valence-electron chi connectivity index (χ4n) is 2.25. The Morgan fingerprint density at radius 1 is 1.19 bits per heavy atom. The summed E-state index contributed by atoms with van der Waals surface area (Å²) in [6, 6.07) is 6.23. The van der Waals surface area contributed by atoms with E-state index >= 15 is 0 Å². The number of likely N-dealkylation sites (N-methyl/N-ethyl adjacent to an activating group) is 1. The van der Waals surface area contributed by atoms with Crippen molar-refractivity contribution < 1.29 is 18.9 Å². The van der Waals surface area contributed by atoms with Gasteiger partial charge in [-0.2, -0.15) is 0 Å². The van der Waals surface area contributed by atoms with Gasteiger partial charge in [0.1, 0.15) is 0 Å². The second-order valence-corrected chi connectivity index (χ2v) is 5.02. The molecule has 1 heterocycles. The lowest BCUT2D eigenvalue weighted by Crippen LogP contribution is -2.22. The molecule has 0 aromatic heterocycles. The Balaban J connectivity index is 1.93. The molecule has 1 aromatic carbocycles. The van der Waals surface area contributed by atoms with Gasteiger partial charge in [0.05, 0.1) is 25.9 Å². The van der Waals surface area contributed by atoms with Crippen LogP contribution in [0.25, 0.3) is 0 Å². The molecule has 0 radical (unpaired) electrons. The minimum absolute atomic E-state index is 0.143. The molecule has 1 unspecified atom stereocenters. The third kappa shape index (κ3) is 4.88. The molecule has 0 amide bonds. The highest BCUT2D eigenvalue weighted by atomic mass is 16.5. The van der Waals surface area contributed by atoms with E-state index in [1.165, 1.54) is 0 Å². The summed E-state index contributed by atoms with van der Waals surface area (Å²) in [5.74, 6) is 1.65. The van der Waals surface area contributed by atoms with Gasteiger partial charge < -0.3 is 24.3 Å². The van der Waals surface area contributed by atoms with Gasteiger partial charge in [0.2, 0.25) is 0 Å². The van der Waals surface area contributed by atoms with E-state index in [1.54, 1.807) is 7.11 Å². The molecule has 0 saturated heterocycles. The lowest BCUT2D eigenvalue weighted by molar-refractivity contribution is 0.0888. The summed E-state index contributed by atoms with van der Waals surface area (Å²) in [6.07, 6.45) is 1.83. The molecule has 1 N–H and O–H groups in total. The quantitative estimate of drug-likeness (QED) is 0.745. The van der Waals surface area contributed by atoms with Crippen molar-refractivity contribution >= 4 is 0 Å². The van der Waals surface area contributed by atoms with Gasteiger partial charge in [-0.15, -0.1) is 0 Å². The van der Waals surface area contributed by atoms with Crippen LogP contribution in [0.15, 0.2) is 18.2 Å². The number of methoxy groups -OCH3 is 1. The highest BCUT2D eigenvalue weighted by Gasteiger charge is 2.15. The maximum Gasteiger partial charge on any atom is 0.161 e. The van der Waals surface area contributed by atoms with E-state index < -0.39 is 0 Å². The molecule has 5 nitrogen and oxygen atoms in total. The second kappa shape index (κ2) is 8.87.